The highest BCUT2D eigenvalue weighted by molar-refractivity contribution is 6.45. The van der Waals surface area contributed by atoms with E-state index in [1.54, 1.807) is 24.0 Å². The van der Waals surface area contributed by atoms with E-state index < -0.39 is 11.7 Å². The van der Waals surface area contributed by atoms with Crippen LogP contribution in [0.5, 0.6) is 5.75 Å². The number of aromatic amines is 2. The molecule has 1 unspecified atom stereocenters. The summed E-state index contributed by atoms with van der Waals surface area (Å²) in [6, 6.07) is 8.78. The fourth-order valence-corrected chi connectivity index (χ4v) is 4.52. The van der Waals surface area contributed by atoms with Crippen LogP contribution < -0.4 is 4.74 Å². The zero-order chi connectivity index (χ0) is 25.4. The average molecular weight is 488 g/mol. The van der Waals surface area contributed by atoms with Crippen LogP contribution in [0.25, 0.3) is 22.4 Å². The molecule has 4 heterocycles. The smallest absolute Gasteiger partial charge is 0.295 e. The summed E-state index contributed by atoms with van der Waals surface area (Å²) < 4.78 is 5.45. The Balaban J connectivity index is 1.39. The summed E-state index contributed by atoms with van der Waals surface area (Å²) in [6.07, 6.45) is 2.96. The molecule has 0 radical (unpaired) electrons. The fourth-order valence-electron chi connectivity index (χ4n) is 4.52. The maximum atomic E-state index is 13.4. The number of methoxy groups -OCH3 is 1. The second-order valence-corrected chi connectivity index (χ2v) is 8.67. The van der Waals surface area contributed by atoms with Gasteiger partial charge >= 0.3 is 0 Å². The number of hydrogen-bond acceptors (Lipinski definition) is 7. The van der Waals surface area contributed by atoms with Gasteiger partial charge in [0.15, 0.2) is 0 Å². The summed E-state index contributed by atoms with van der Waals surface area (Å²) in [5.41, 5.74) is 1.70. The molecule has 1 aliphatic heterocycles. The first-order chi connectivity index (χ1) is 17.4. The van der Waals surface area contributed by atoms with Crippen molar-refractivity contribution in [3.05, 3.63) is 59.7 Å². The summed E-state index contributed by atoms with van der Waals surface area (Å²) in [6.45, 7) is 4.50. The van der Waals surface area contributed by atoms with Crippen molar-refractivity contribution in [2.24, 2.45) is 0 Å². The molecule has 0 spiro atoms. The van der Waals surface area contributed by atoms with Crippen molar-refractivity contribution in [2.45, 2.75) is 19.9 Å². The van der Waals surface area contributed by atoms with Crippen LogP contribution >= 0.6 is 0 Å². The molecule has 0 saturated carbocycles. The van der Waals surface area contributed by atoms with Crippen molar-refractivity contribution in [1.82, 2.24) is 34.9 Å². The van der Waals surface area contributed by atoms with Gasteiger partial charge in [0.25, 0.3) is 17.6 Å². The summed E-state index contributed by atoms with van der Waals surface area (Å²) in [4.78, 5) is 54.5. The van der Waals surface area contributed by atoms with Gasteiger partial charge in [0, 0.05) is 37.4 Å². The number of Topliss-reactive ketones (excluding diaryl/α,β-unsaturated/α-hetero) is 1. The molecule has 1 aromatic carbocycles. The largest absolute Gasteiger partial charge is 0.494 e. The van der Waals surface area contributed by atoms with Gasteiger partial charge in [-0.3, -0.25) is 19.5 Å². The normalized spacial score (nSPS) is 15.8. The number of amides is 2. The monoisotopic (exact) mass is 487 g/mol. The van der Waals surface area contributed by atoms with Gasteiger partial charge in [-0.15, -0.1) is 0 Å². The van der Waals surface area contributed by atoms with Gasteiger partial charge in [-0.1, -0.05) is 18.2 Å². The Morgan fingerprint density at radius 2 is 1.92 bits per heavy atom. The van der Waals surface area contributed by atoms with Gasteiger partial charge in [-0.05, 0) is 26.0 Å². The van der Waals surface area contributed by atoms with Crippen LogP contribution in [0, 0.1) is 6.92 Å². The van der Waals surface area contributed by atoms with Crippen LogP contribution in [0.2, 0.25) is 0 Å². The first-order valence-corrected chi connectivity index (χ1v) is 11.5. The van der Waals surface area contributed by atoms with Crippen molar-refractivity contribution in [3.63, 3.8) is 0 Å². The number of nitrogens with one attached hydrogen (secondary N) is 2. The number of H-pyrrole nitrogens is 2. The third-order valence-electron chi connectivity index (χ3n) is 6.34. The lowest BCUT2D eigenvalue weighted by Gasteiger charge is -2.39. The second kappa shape index (κ2) is 9.25. The zero-order valence-corrected chi connectivity index (χ0v) is 20.1. The molecular weight excluding hydrogens is 462 g/mol. The van der Waals surface area contributed by atoms with Crippen molar-refractivity contribution < 1.29 is 19.1 Å². The van der Waals surface area contributed by atoms with Gasteiger partial charge in [-0.2, -0.15) is 5.10 Å². The van der Waals surface area contributed by atoms with Crippen LogP contribution in [0.4, 0.5) is 0 Å². The lowest BCUT2D eigenvalue weighted by molar-refractivity contribution is -0.128. The van der Waals surface area contributed by atoms with Gasteiger partial charge in [0.05, 0.1) is 29.8 Å². The predicted octanol–water partition coefficient (Wildman–Crippen LogP) is 2.22. The number of rotatable bonds is 5. The molecule has 3 aromatic heterocycles. The Bertz CT molecular complexity index is 1460. The lowest BCUT2D eigenvalue weighted by Crippen LogP contribution is -2.56. The maximum Gasteiger partial charge on any atom is 0.295 e. The molecule has 36 heavy (non-hydrogen) atoms. The topological polar surface area (TPSA) is 137 Å². The molecule has 0 bridgehead atoms. The predicted molar refractivity (Wildman–Crippen MR) is 131 cm³/mol. The van der Waals surface area contributed by atoms with Crippen LogP contribution in [0.1, 0.15) is 33.5 Å². The minimum atomic E-state index is -0.669. The molecule has 4 aromatic rings. The number of piperazine rings is 1. The van der Waals surface area contributed by atoms with E-state index in [0.717, 1.165) is 0 Å². The first kappa shape index (κ1) is 23.2. The standard InChI is InChI=1S/C25H25N7O4/c1-14-13-31(9-10-32(14)24(34)16-7-5-4-6-8-16)25(35)22(33)17-11-26-20-19(17)18(36-3)12-27-21(20)23-28-15(2)29-30-23/h4-8,11-12,14,26H,9-10,13H2,1-3H3,(H,28,29,30). The number of ether oxygens (including phenoxy) is 1. The molecule has 11 nitrogen and oxygen atoms in total. The fraction of sp³-hybridized carbons (Fsp3) is 0.280. The Morgan fingerprint density at radius 1 is 1.14 bits per heavy atom. The van der Waals surface area contributed by atoms with E-state index in [4.69, 9.17) is 4.74 Å². The second-order valence-electron chi connectivity index (χ2n) is 8.67. The zero-order valence-electron chi connectivity index (χ0n) is 20.1. The van der Waals surface area contributed by atoms with E-state index in [0.29, 0.717) is 46.1 Å². The number of aryl methyl sites for hydroxylation is 1. The van der Waals surface area contributed by atoms with Crippen molar-refractivity contribution in [3.8, 4) is 17.3 Å². The first-order valence-electron chi connectivity index (χ1n) is 11.5. The highest BCUT2D eigenvalue weighted by Gasteiger charge is 2.34. The number of carbonyl (C=O) groups excluding carboxylic acids is 3. The molecule has 184 valence electrons. The third kappa shape index (κ3) is 3.98. The number of ketones is 1. The van der Waals surface area contributed by atoms with Crippen LogP contribution in [-0.4, -0.2) is 85.3 Å². The minimum Gasteiger partial charge on any atom is -0.494 e. The van der Waals surface area contributed by atoms with E-state index in [9.17, 15) is 14.4 Å². The summed E-state index contributed by atoms with van der Waals surface area (Å²) in [5, 5.41) is 7.37. The molecular formula is C25H25N7O4. The van der Waals surface area contributed by atoms with Gasteiger partial charge in [0.2, 0.25) is 5.82 Å². The number of benzene rings is 1. The van der Waals surface area contributed by atoms with Crippen LogP contribution in [-0.2, 0) is 4.79 Å². The molecule has 1 aliphatic rings. The van der Waals surface area contributed by atoms with Gasteiger partial charge < -0.3 is 19.5 Å². The molecule has 1 fully saturated rings. The minimum absolute atomic E-state index is 0.0925. The highest BCUT2D eigenvalue weighted by Crippen LogP contribution is 2.33. The lowest BCUT2D eigenvalue weighted by atomic mass is 10.1. The Kier molecular flexibility index (Phi) is 5.96. The average Bonchev–Trinajstić information content (AvgIpc) is 3.54. The molecule has 5 rings (SSSR count). The van der Waals surface area contributed by atoms with E-state index in [2.05, 4.69) is 25.1 Å². The highest BCUT2D eigenvalue weighted by atomic mass is 16.5. The molecule has 0 aliphatic carbocycles. The number of nitrogens with zero attached hydrogens (tertiary/aromatic N) is 5. The summed E-state index contributed by atoms with van der Waals surface area (Å²) in [7, 11) is 1.47. The molecule has 11 heteroatoms. The van der Waals surface area contributed by atoms with Gasteiger partial charge in [-0.25, -0.2) is 9.97 Å². The number of carbonyl (C=O) groups is 3. The number of fused-ring (bicyclic) bond motifs is 1. The maximum absolute atomic E-state index is 13.4. The number of pyridine rings is 1. The Hall–Kier alpha value is -4.54. The third-order valence-corrected chi connectivity index (χ3v) is 6.34. The van der Waals surface area contributed by atoms with Crippen LogP contribution in [0.3, 0.4) is 0 Å². The van der Waals surface area contributed by atoms with E-state index in [1.165, 1.54) is 24.4 Å². The summed E-state index contributed by atoms with van der Waals surface area (Å²) in [5.74, 6) is -0.0648. The van der Waals surface area contributed by atoms with Crippen molar-refractivity contribution in [2.75, 3.05) is 26.7 Å². The van der Waals surface area contributed by atoms with Gasteiger partial charge in [0.1, 0.15) is 17.3 Å². The molecule has 2 amide bonds. The summed E-state index contributed by atoms with van der Waals surface area (Å²) >= 11 is 0. The van der Waals surface area contributed by atoms with E-state index in [1.807, 2.05) is 25.1 Å². The molecule has 1 atom stereocenters. The van der Waals surface area contributed by atoms with E-state index >= 15 is 0 Å². The Morgan fingerprint density at radius 3 is 2.58 bits per heavy atom. The SMILES string of the molecule is COc1cnc(-c2n[nH]c(C)n2)c2[nH]cc(C(=O)C(=O)N3CCN(C(=O)c4ccccc4)C(C)C3)c12. The van der Waals surface area contributed by atoms with Crippen molar-refractivity contribution >= 4 is 28.5 Å². The van der Waals surface area contributed by atoms with Crippen LogP contribution in [0.15, 0.2) is 42.7 Å². The number of hydrogen-bond donors (Lipinski definition) is 2. The molecule has 1 saturated heterocycles. The van der Waals surface area contributed by atoms with Crippen molar-refractivity contribution in [1.29, 1.82) is 0 Å². The quantitative estimate of drug-likeness (QED) is 0.325. The number of aromatic nitrogens is 5. The Labute approximate surface area is 206 Å². The molecule has 2 N–H and O–H groups in total. The van der Waals surface area contributed by atoms with E-state index in [-0.39, 0.29) is 30.6 Å².